The fraction of sp³-hybridized carbons (Fsp3) is 0.0833. The second-order valence-corrected chi connectivity index (χ2v) is 7.04. The Morgan fingerprint density at radius 1 is 1.39 bits per heavy atom. The molecule has 1 heterocycles. The lowest BCUT2D eigenvalue weighted by molar-refractivity contribution is 0.472. The summed E-state index contributed by atoms with van der Waals surface area (Å²) in [5.74, 6) is 0.0993. The smallest absolute Gasteiger partial charge is 0.117 e. The molecule has 0 amide bonds. The molecule has 2 rings (SSSR count). The van der Waals surface area contributed by atoms with Crippen molar-refractivity contribution in [1.29, 1.82) is 5.26 Å². The Hall–Kier alpha value is -1.29. The van der Waals surface area contributed by atoms with Gasteiger partial charge < -0.3 is 5.11 Å². The third-order valence-corrected chi connectivity index (χ3v) is 5.55. The molecule has 0 aliphatic rings. The van der Waals surface area contributed by atoms with E-state index in [1.807, 2.05) is 12.3 Å². The van der Waals surface area contributed by atoms with Gasteiger partial charge in [0.25, 0.3) is 0 Å². The van der Waals surface area contributed by atoms with Crippen molar-refractivity contribution in [2.24, 2.45) is 0 Å². The molecule has 0 saturated heterocycles. The number of nitriles is 1. The van der Waals surface area contributed by atoms with Gasteiger partial charge in [-0.05, 0) is 36.6 Å². The van der Waals surface area contributed by atoms with Crippen LogP contribution in [0.1, 0.15) is 4.88 Å². The van der Waals surface area contributed by atoms with E-state index in [0.29, 0.717) is 14.0 Å². The number of rotatable bonds is 3. The molecule has 0 saturated carbocycles. The highest BCUT2D eigenvalue weighted by molar-refractivity contribution is 7.98. The number of hydrogen-bond donors (Lipinski definition) is 1. The number of phenolic OH excluding ortho intramolecular Hbond substituents is 1. The maximum atomic E-state index is 12.3. The summed E-state index contributed by atoms with van der Waals surface area (Å²) in [4.78, 5) is 1.93. The molecule has 1 unspecified atom stereocenters. The van der Waals surface area contributed by atoms with Crippen LogP contribution in [-0.2, 0) is 10.8 Å². The minimum absolute atomic E-state index is 0.0993. The van der Waals surface area contributed by atoms with E-state index < -0.39 is 10.8 Å². The van der Waals surface area contributed by atoms with Gasteiger partial charge in [0.05, 0.1) is 15.0 Å². The molecule has 0 aliphatic carbocycles. The summed E-state index contributed by atoms with van der Waals surface area (Å²) in [6, 6.07) is 10.2. The topological polar surface area (TPSA) is 61.1 Å². The molecular formula is C12H9NO2S3. The number of thiophene rings is 1. The van der Waals surface area contributed by atoms with Crippen molar-refractivity contribution in [3.63, 3.8) is 0 Å². The van der Waals surface area contributed by atoms with Gasteiger partial charge in [0.2, 0.25) is 0 Å². The van der Waals surface area contributed by atoms with Crippen LogP contribution >= 0.6 is 23.1 Å². The lowest BCUT2D eigenvalue weighted by Gasteiger charge is -2.03. The first-order valence-corrected chi connectivity index (χ1v) is 8.13. The SMILES string of the molecule is CSc1cc(O)cc(S(=O)c2ccc(C#N)s2)c1. The first kappa shape index (κ1) is 13.1. The van der Waals surface area contributed by atoms with Crippen LogP contribution in [0.4, 0.5) is 0 Å². The normalized spacial score (nSPS) is 12.0. The van der Waals surface area contributed by atoms with Crippen LogP contribution in [0.2, 0.25) is 0 Å². The Balaban J connectivity index is 2.39. The second-order valence-electron chi connectivity index (χ2n) is 3.37. The van der Waals surface area contributed by atoms with Crippen molar-refractivity contribution < 1.29 is 9.32 Å². The Kier molecular flexibility index (Phi) is 4.07. The molecule has 6 heteroatoms. The van der Waals surface area contributed by atoms with Crippen molar-refractivity contribution in [2.45, 2.75) is 14.0 Å². The van der Waals surface area contributed by atoms with Crippen LogP contribution in [0, 0.1) is 11.3 Å². The van der Waals surface area contributed by atoms with Crippen LogP contribution in [0.15, 0.2) is 44.3 Å². The number of thioether (sulfide) groups is 1. The van der Waals surface area contributed by atoms with Gasteiger partial charge in [0, 0.05) is 9.79 Å². The second kappa shape index (κ2) is 5.57. The number of aromatic hydroxyl groups is 1. The van der Waals surface area contributed by atoms with Gasteiger partial charge in [-0.3, -0.25) is 0 Å². The third-order valence-electron chi connectivity index (χ3n) is 2.19. The van der Waals surface area contributed by atoms with E-state index in [4.69, 9.17) is 5.26 Å². The summed E-state index contributed by atoms with van der Waals surface area (Å²) in [6.45, 7) is 0. The summed E-state index contributed by atoms with van der Waals surface area (Å²) in [5.41, 5.74) is 0. The lowest BCUT2D eigenvalue weighted by Crippen LogP contribution is -1.90. The van der Waals surface area contributed by atoms with Gasteiger partial charge in [-0.25, -0.2) is 4.21 Å². The molecule has 0 fully saturated rings. The summed E-state index contributed by atoms with van der Waals surface area (Å²) in [5, 5.41) is 18.3. The van der Waals surface area contributed by atoms with E-state index in [1.54, 1.807) is 24.3 Å². The van der Waals surface area contributed by atoms with Crippen molar-refractivity contribution in [3.05, 3.63) is 35.2 Å². The molecule has 1 atom stereocenters. The average molecular weight is 295 g/mol. The standard InChI is InChI=1S/C12H9NO2S3/c1-16-10-4-8(14)5-11(6-10)18(15)12-3-2-9(7-13)17-12/h2-6,14H,1H3. The summed E-state index contributed by atoms with van der Waals surface area (Å²) in [7, 11) is -1.36. The van der Waals surface area contributed by atoms with Gasteiger partial charge in [-0.1, -0.05) is 0 Å². The number of nitrogens with zero attached hydrogens (tertiary/aromatic N) is 1. The molecule has 92 valence electrons. The van der Waals surface area contributed by atoms with E-state index >= 15 is 0 Å². The van der Waals surface area contributed by atoms with Gasteiger partial charge >= 0.3 is 0 Å². The molecule has 18 heavy (non-hydrogen) atoms. The minimum atomic E-state index is -1.36. The lowest BCUT2D eigenvalue weighted by atomic mass is 10.3. The van der Waals surface area contributed by atoms with Crippen LogP contribution in [0.3, 0.4) is 0 Å². The monoisotopic (exact) mass is 295 g/mol. The first-order chi connectivity index (χ1) is 8.63. The Morgan fingerprint density at radius 2 is 2.17 bits per heavy atom. The molecule has 3 nitrogen and oxygen atoms in total. The molecule has 0 bridgehead atoms. The number of hydrogen-bond acceptors (Lipinski definition) is 5. The van der Waals surface area contributed by atoms with Gasteiger partial charge in [0.1, 0.15) is 16.7 Å². The van der Waals surface area contributed by atoms with E-state index in [9.17, 15) is 9.32 Å². The fourth-order valence-corrected chi connectivity index (χ4v) is 4.22. The highest BCUT2D eigenvalue weighted by Crippen LogP contribution is 2.29. The minimum Gasteiger partial charge on any atom is -0.508 e. The predicted octanol–water partition coefficient (Wildman–Crippen LogP) is 3.21. The van der Waals surface area contributed by atoms with E-state index in [1.165, 1.54) is 29.2 Å². The molecule has 0 radical (unpaired) electrons. The highest BCUT2D eigenvalue weighted by Gasteiger charge is 2.12. The first-order valence-electron chi connectivity index (χ1n) is 4.94. The van der Waals surface area contributed by atoms with Crippen LogP contribution in [0.5, 0.6) is 5.75 Å². The molecule has 0 aliphatic heterocycles. The molecule has 2 aromatic rings. The zero-order valence-corrected chi connectivity index (χ0v) is 11.9. The quantitative estimate of drug-likeness (QED) is 0.883. The summed E-state index contributed by atoms with van der Waals surface area (Å²) in [6.07, 6.45) is 1.89. The summed E-state index contributed by atoms with van der Waals surface area (Å²) < 4.78 is 12.9. The zero-order valence-electron chi connectivity index (χ0n) is 9.41. The van der Waals surface area contributed by atoms with Crippen LogP contribution < -0.4 is 0 Å². The maximum absolute atomic E-state index is 12.3. The third kappa shape index (κ3) is 2.75. The molecule has 1 aromatic heterocycles. The van der Waals surface area contributed by atoms with Gasteiger partial charge in [0.15, 0.2) is 0 Å². The molecule has 1 aromatic carbocycles. The van der Waals surface area contributed by atoms with Crippen molar-refractivity contribution >= 4 is 33.9 Å². The van der Waals surface area contributed by atoms with Crippen LogP contribution in [0.25, 0.3) is 0 Å². The van der Waals surface area contributed by atoms with E-state index in [-0.39, 0.29) is 5.75 Å². The Morgan fingerprint density at radius 3 is 2.78 bits per heavy atom. The zero-order chi connectivity index (χ0) is 13.1. The maximum Gasteiger partial charge on any atom is 0.117 e. The van der Waals surface area contributed by atoms with Gasteiger partial charge in [-0.15, -0.1) is 23.1 Å². The Labute approximate surface area is 116 Å². The largest absolute Gasteiger partial charge is 0.508 e. The van der Waals surface area contributed by atoms with Crippen molar-refractivity contribution in [2.75, 3.05) is 6.26 Å². The van der Waals surface area contributed by atoms with E-state index in [2.05, 4.69) is 0 Å². The van der Waals surface area contributed by atoms with E-state index in [0.717, 1.165) is 4.90 Å². The van der Waals surface area contributed by atoms with Crippen molar-refractivity contribution in [3.8, 4) is 11.8 Å². The Bertz CT molecular complexity index is 643. The summed E-state index contributed by atoms with van der Waals surface area (Å²) >= 11 is 2.68. The molecular weight excluding hydrogens is 286 g/mol. The molecule has 0 spiro atoms. The number of benzene rings is 1. The number of phenols is 1. The molecule has 1 N–H and O–H groups in total. The van der Waals surface area contributed by atoms with Crippen molar-refractivity contribution in [1.82, 2.24) is 0 Å². The van der Waals surface area contributed by atoms with Gasteiger partial charge in [-0.2, -0.15) is 5.26 Å². The van der Waals surface area contributed by atoms with Crippen LogP contribution in [-0.4, -0.2) is 15.6 Å². The fourth-order valence-electron chi connectivity index (χ4n) is 1.38. The predicted molar refractivity (Wildman–Crippen MR) is 73.6 cm³/mol. The average Bonchev–Trinajstić information content (AvgIpc) is 2.85. The highest BCUT2D eigenvalue weighted by atomic mass is 32.2.